The first-order valence-corrected chi connectivity index (χ1v) is 18.4. The van der Waals surface area contributed by atoms with Crippen LogP contribution in [-0.4, -0.2) is 74.3 Å². The fourth-order valence-corrected chi connectivity index (χ4v) is 6.47. The van der Waals surface area contributed by atoms with Gasteiger partial charge in [0.2, 0.25) is 0 Å². The maximum atomic E-state index is 13.4. The van der Waals surface area contributed by atoms with Gasteiger partial charge in [-0.3, -0.25) is 38.9 Å². The lowest BCUT2D eigenvalue weighted by molar-refractivity contribution is -0.384. The molecule has 0 saturated heterocycles. The molecule has 0 unspecified atom stereocenters. The first kappa shape index (κ1) is 41.5. The van der Waals surface area contributed by atoms with Crippen LogP contribution in [0, 0.1) is 10.1 Å². The molecule has 0 saturated carbocycles. The SMILES string of the molecule is CCCNC(=O)c1cc(NC(=O)c2cc(NC(=O)c3cc(NC(=O)c4cc(NC(=O)c5cc(NC(=O)c6cc([N+](=O)[O-])cn6C)cn5C)cn4C)cn3C)cn2C)cn1C. The number of anilines is 5. The predicted molar refractivity (Wildman–Crippen MR) is 222 cm³/mol. The van der Waals surface area contributed by atoms with Gasteiger partial charge in [-0.15, -0.1) is 0 Å². The molecule has 6 heterocycles. The zero-order valence-electron chi connectivity index (χ0n) is 33.7. The molecule has 21 heteroatoms. The largest absolute Gasteiger partial charge is 0.351 e. The summed E-state index contributed by atoms with van der Waals surface area (Å²) < 4.78 is 9.04. The molecule has 0 aliphatic carbocycles. The van der Waals surface area contributed by atoms with Crippen molar-refractivity contribution < 1.29 is 33.7 Å². The Morgan fingerprint density at radius 3 is 0.950 bits per heavy atom. The van der Waals surface area contributed by atoms with E-state index in [0.717, 1.165) is 12.5 Å². The van der Waals surface area contributed by atoms with E-state index in [1.54, 1.807) is 75.2 Å². The molecule has 6 aromatic rings. The van der Waals surface area contributed by atoms with Crippen molar-refractivity contribution in [3.8, 4) is 0 Å². The highest BCUT2D eigenvalue weighted by molar-refractivity contribution is 6.10. The summed E-state index contributed by atoms with van der Waals surface area (Å²) in [4.78, 5) is 88.8. The van der Waals surface area contributed by atoms with Crippen LogP contribution < -0.4 is 31.9 Å². The summed E-state index contributed by atoms with van der Waals surface area (Å²) in [6, 6.07) is 8.65. The zero-order valence-corrected chi connectivity index (χ0v) is 33.7. The van der Waals surface area contributed by atoms with Crippen molar-refractivity contribution in [2.45, 2.75) is 13.3 Å². The van der Waals surface area contributed by atoms with Gasteiger partial charge in [0.1, 0.15) is 34.2 Å². The number of aryl methyl sites for hydroxylation is 6. The van der Waals surface area contributed by atoms with Crippen LogP contribution in [0.5, 0.6) is 0 Å². The highest BCUT2D eigenvalue weighted by Crippen LogP contribution is 2.23. The average molecular weight is 822 g/mol. The number of rotatable bonds is 14. The van der Waals surface area contributed by atoms with E-state index in [1.165, 1.54) is 62.0 Å². The lowest BCUT2D eigenvalue weighted by atomic mass is 10.3. The van der Waals surface area contributed by atoms with Gasteiger partial charge in [0.05, 0.1) is 39.6 Å². The van der Waals surface area contributed by atoms with Crippen molar-refractivity contribution in [3.05, 3.63) is 118 Å². The van der Waals surface area contributed by atoms with Crippen molar-refractivity contribution in [2.75, 3.05) is 33.1 Å². The van der Waals surface area contributed by atoms with E-state index in [2.05, 4.69) is 31.9 Å². The molecule has 21 nitrogen and oxygen atoms in total. The quantitative estimate of drug-likeness (QED) is 0.0690. The van der Waals surface area contributed by atoms with Crippen molar-refractivity contribution in [2.24, 2.45) is 42.3 Å². The molecule has 6 amide bonds. The molecule has 6 aromatic heterocycles. The van der Waals surface area contributed by atoms with E-state index >= 15 is 0 Å². The first-order chi connectivity index (χ1) is 28.4. The lowest BCUT2D eigenvalue weighted by Gasteiger charge is -2.03. The number of hydrogen-bond donors (Lipinski definition) is 6. The second kappa shape index (κ2) is 16.8. The molecule has 0 fully saturated rings. The number of nitro groups is 1. The molecule has 0 atom stereocenters. The molecular weight excluding hydrogens is 779 g/mol. The highest BCUT2D eigenvalue weighted by Gasteiger charge is 2.22. The molecule has 0 aliphatic rings. The van der Waals surface area contributed by atoms with Crippen LogP contribution in [-0.2, 0) is 42.3 Å². The summed E-state index contributed by atoms with van der Waals surface area (Å²) in [5.74, 6) is -2.86. The second-order valence-corrected chi connectivity index (χ2v) is 14.1. The van der Waals surface area contributed by atoms with Crippen LogP contribution in [0.2, 0.25) is 0 Å². The molecule has 0 bridgehead atoms. The summed E-state index contributed by atoms with van der Waals surface area (Å²) in [5.41, 5.74) is 2.74. The van der Waals surface area contributed by atoms with Gasteiger partial charge >= 0.3 is 0 Å². The minimum atomic E-state index is -0.602. The summed E-state index contributed by atoms with van der Waals surface area (Å²) in [6.45, 7) is 2.48. The van der Waals surface area contributed by atoms with Gasteiger partial charge in [0, 0.05) is 85.9 Å². The Hall–Kier alpha value is -8.10. The van der Waals surface area contributed by atoms with Crippen molar-refractivity contribution in [1.29, 1.82) is 0 Å². The Morgan fingerprint density at radius 1 is 0.450 bits per heavy atom. The van der Waals surface area contributed by atoms with Crippen molar-refractivity contribution in [1.82, 2.24) is 32.7 Å². The number of amides is 6. The maximum absolute atomic E-state index is 13.4. The molecule has 60 heavy (non-hydrogen) atoms. The molecule has 0 radical (unpaired) electrons. The summed E-state index contributed by atoms with van der Waals surface area (Å²) >= 11 is 0. The number of nitrogens with one attached hydrogen (secondary N) is 6. The molecule has 0 aliphatic heterocycles. The Kier molecular flexibility index (Phi) is 11.6. The molecule has 0 aromatic carbocycles. The van der Waals surface area contributed by atoms with Crippen LogP contribution in [0.4, 0.5) is 34.1 Å². The number of aromatic nitrogens is 6. The van der Waals surface area contributed by atoms with E-state index in [0.29, 0.717) is 35.0 Å². The third-order valence-electron chi connectivity index (χ3n) is 9.45. The molecule has 0 spiro atoms. The minimum Gasteiger partial charge on any atom is -0.351 e. The fraction of sp³-hybridized carbons (Fsp3) is 0.231. The average Bonchev–Trinajstić information content (AvgIpc) is 4.03. The third-order valence-corrected chi connectivity index (χ3v) is 9.45. The second-order valence-electron chi connectivity index (χ2n) is 14.1. The molecular formula is C39H43N13O8. The summed E-state index contributed by atoms with van der Waals surface area (Å²) in [7, 11) is 9.73. The van der Waals surface area contributed by atoms with Crippen LogP contribution in [0.1, 0.15) is 76.3 Å². The van der Waals surface area contributed by atoms with Crippen LogP contribution in [0.25, 0.3) is 0 Å². The molecule has 312 valence electrons. The lowest BCUT2D eigenvalue weighted by Crippen LogP contribution is -2.25. The Labute approximate surface area is 342 Å². The first-order valence-electron chi connectivity index (χ1n) is 18.4. The molecule has 6 rings (SSSR count). The zero-order chi connectivity index (χ0) is 43.6. The summed E-state index contributed by atoms with van der Waals surface area (Å²) in [5, 5.41) is 27.6. The fourth-order valence-electron chi connectivity index (χ4n) is 6.47. The van der Waals surface area contributed by atoms with E-state index < -0.39 is 34.5 Å². The van der Waals surface area contributed by atoms with Crippen LogP contribution >= 0.6 is 0 Å². The van der Waals surface area contributed by atoms with E-state index in [4.69, 9.17) is 0 Å². The summed E-state index contributed by atoms with van der Waals surface area (Å²) in [6.07, 6.45) is 9.84. The normalized spacial score (nSPS) is 10.9. The van der Waals surface area contributed by atoms with Gasteiger partial charge in [-0.1, -0.05) is 6.92 Å². The van der Waals surface area contributed by atoms with Crippen LogP contribution in [0.15, 0.2) is 73.6 Å². The smallest absolute Gasteiger partial charge is 0.287 e. The van der Waals surface area contributed by atoms with Crippen molar-refractivity contribution >= 4 is 69.6 Å². The standard InChI is InChI=1S/C39H43N13O8/c1-8-9-40-34(53)28-10-22(16-46(28)2)41-35(54)29-11-23(17-47(29)3)42-36(55)30-12-24(18-48(30)4)43-37(56)31-13-25(19-49(31)5)44-38(57)32-14-26(20-50(32)6)45-39(58)33-15-27(52(59)60)21-51(33)7/h10-21H,8-9H2,1-7H3,(H,40,53)(H,41,54)(H,42,55)(H,43,56)(H,44,57)(H,45,58). The third kappa shape index (κ3) is 8.88. The Balaban J connectivity index is 1.05. The monoisotopic (exact) mass is 821 g/mol. The number of hydrogen-bond acceptors (Lipinski definition) is 8. The minimum absolute atomic E-state index is 0.0569. The van der Waals surface area contributed by atoms with Gasteiger partial charge in [-0.25, -0.2) is 0 Å². The van der Waals surface area contributed by atoms with Crippen molar-refractivity contribution in [3.63, 3.8) is 0 Å². The predicted octanol–water partition coefficient (Wildman–Crippen LogP) is 4.03. The number of carbonyl (C=O) groups excluding carboxylic acids is 6. The van der Waals surface area contributed by atoms with Crippen LogP contribution in [0.3, 0.4) is 0 Å². The number of nitrogens with zero attached hydrogens (tertiary/aromatic N) is 7. The maximum Gasteiger partial charge on any atom is 0.287 e. The van der Waals surface area contributed by atoms with E-state index in [-0.39, 0.29) is 45.8 Å². The Morgan fingerprint density at radius 2 is 0.700 bits per heavy atom. The number of carbonyl (C=O) groups is 6. The van der Waals surface area contributed by atoms with Gasteiger partial charge in [0.25, 0.3) is 41.1 Å². The van der Waals surface area contributed by atoms with Gasteiger partial charge in [-0.2, -0.15) is 0 Å². The van der Waals surface area contributed by atoms with E-state index in [1.807, 2.05) is 6.92 Å². The molecule has 6 N–H and O–H groups in total. The van der Waals surface area contributed by atoms with Gasteiger partial charge in [-0.05, 0) is 36.8 Å². The topological polar surface area (TPSA) is 247 Å². The van der Waals surface area contributed by atoms with Gasteiger partial charge < -0.3 is 59.3 Å². The Bertz CT molecular complexity index is 2700. The highest BCUT2D eigenvalue weighted by atomic mass is 16.6. The van der Waals surface area contributed by atoms with E-state index in [9.17, 15) is 38.9 Å². The van der Waals surface area contributed by atoms with Gasteiger partial charge in [0.15, 0.2) is 0 Å².